The van der Waals surface area contributed by atoms with E-state index in [-0.39, 0.29) is 0 Å². The van der Waals surface area contributed by atoms with Gasteiger partial charge in [-0.05, 0) is 153 Å². The Morgan fingerprint density at radius 3 is 0.875 bits per heavy atom. The quantitative estimate of drug-likeness (QED) is 0.160. The van der Waals surface area contributed by atoms with Crippen LogP contribution >= 0.6 is 0 Å². The van der Waals surface area contributed by atoms with E-state index in [4.69, 9.17) is 9.97 Å². The van der Waals surface area contributed by atoms with E-state index in [0.29, 0.717) is 5.82 Å². The Balaban J connectivity index is 0.813. The topological polar surface area (TPSA) is 45.5 Å². The van der Waals surface area contributed by atoms with Crippen LogP contribution in [0.2, 0.25) is 0 Å². The molecule has 80 heavy (non-hydrogen) atoms. The molecule has 5 heterocycles. The van der Waals surface area contributed by atoms with Gasteiger partial charge in [0.15, 0.2) is 5.82 Å². The first-order valence-corrected chi connectivity index (χ1v) is 27.6. The summed E-state index contributed by atoms with van der Waals surface area (Å²) in [6.07, 6.45) is 0. The van der Waals surface area contributed by atoms with Crippen molar-refractivity contribution < 1.29 is 0 Å². The number of benzene rings is 11. The summed E-state index contributed by atoms with van der Waals surface area (Å²) < 4.78 is 9.74. The van der Waals surface area contributed by atoms with Crippen LogP contribution in [-0.2, 0) is 0 Å². The lowest BCUT2D eigenvalue weighted by atomic mass is 9.98. The summed E-state index contributed by atoms with van der Waals surface area (Å²) >= 11 is 0. The van der Waals surface area contributed by atoms with Crippen LogP contribution in [0.5, 0.6) is 0 Å². The number of para-hydroxylation sites is 6. The van der Waals surface area contributed by atoms with Crippen molar-refractivity contribution in [2.45, 2.75) is 27.7 Å². The third kappa shape index (κ3) is 6.85. The predicted molar refractivity (Wildman–Crippen MR) is 335 cm³/mol. The van der Waals surface area contributed by atoms with Crippen molar-refractivity contribution in [2.75, 3.05) is 0 Å². The molecule has 0 N–H and O–H groups in total. The number of aryl methyl sites for hydroxylation is 4. The van der Waals surface area contributed by atoms with Crippen LogP contribution in [0.15, 0.2) is 243 Å². The van der Waals surface area contributed by atoms with Gasteiger partial charge >= 0.3 is 0 Å². The van der Waals surface area contributed by atoms with E-state index in [1.165, 1.54) is 121 Å². The minimum atomic E-state index is 0.694. The van der Waals surface area contributed by atoms with Crippen molar-refractivity contribution in [2.24, 2.45) is 0 Å². The molecule has 0 aliphatic heterocycles. The highest BCUT2D eigenvalue weighted by Crippen LogP contribution is 2.42. The molecule has 11 aromatic carbocycles. The van der Waals surface area contributed by atoms with Gasteiger partial charge in [0.1, 0.15) is 0 Å². The van der Waals surface area contributed by atoms with Gasteiger partial charge in [-0.15, -0.1) is 0 Å². The van der Waals surface area contributed by atoms with Crippen LogP contribution in [0.1, 0.15) is 22.3 Å². The summed E-state index contributed by atoms with van der Waals surface area (Å²) in [6, 6.07) is 88.3. The van der Waals surface area contributed by atoms with Gasteiger partial charge in [-0.25, -0.2) is 9.97 Å². The Kier molecular flexibility index (Phi) is 10.1. The van der Waals surface area contributed by atoms with E-state index in [1.54, 1.807) is 0 Å². The fourth-order valence-electron chi connectivity index (χ4n) is 13.5. The van der Waals surface area contributed by atoms with Gasteiger partial charge in [0.25, 0.3) is 0 Å². The molecule has 0 unspecified atom stereocenters. The summed E-state index contributed by atoms with van der Waals surface area (Å²) in [7, 11) is 0. The minimum Gasteiger partial charge on any atom is -0.309 e. The Labute approximate surface area is 462 Å². The highest BCUT2D eigenvalue weighted by molar-refractivity contribution is 6.14. The first-order chi connectivity index (χ1) is 39.3. The first kappa shape index (κ1) is 45.9. The predicted octanol–water partition coefficient (Wildman–Crippen LogP) is 19.1. The van der Waals surface area contributed by atoms with E-state index in [9.17, 15) is 0 Å². The fraction of sp³-hybridized carbons (Fsp3) is 0.0541. The molecule has 0 saturated heterocycles. The lowest BCUT2D eigenvalue weighted by Crippen LogP contribution is -2.03. The SMILES string of the molecule is Cc1cc(-c2cc(-c3cc(C)c(-n4c5ccccc5c5cc(-n6c7ccccc7c7ccccc76)ccc54)c(C)c3)nc(-c3ccccc3)n2)cc(C)c1-n1c2ccccc2c2cc(-n3c4ccccc4c4ccccc43)ccc21. The molecule has 0 saturated carbocycles. The van der Waals surface area contributed by atoms with Crippen LogP contribution in [-0.4, -0.2) is 28.2 Å². The molecular formula is C74H52N6. The summed E-state index contributed by atoms with van der Waals surface area (Å²) in [5, 5.41) is 9.91. The van der Waals surface area contributed by atoms with Gasteiger partial charge in [-0.1, -0.05) is 140 Å². The summed E-state index contributed by atoms with van der Waals surface area (Å²) in [5.41, 5.74) is 23.7. The third-order valence-electron chi connectivity index (χ3n) is 16.8. The van der Waals surface area contributed by atoms with Gasteiger partial charge in [0, 0.05) is 71.2 Å². The maximum atomic E-state index is 5.36. The van der Waals surface area contributed by atoms with E-state index in [2.05, 4.69) is 283 Å². The van der Waals surface area contributed by atoms with E-state index in [0.717, 1.165) is 39.5 Å². The first-order valence-electron chi connectivity index (χ1n) is 27.6. The van der Waals surface area contributed by atoms with E-state index >= 15 is 0 Å². The number of hydrogen-bond acceptors (Lipinski definition) is 2. The standard InChI is InChI=1S/C74H52N6/c1-45-38-50(39-46(2)72(45)79-68-32-18-12-26-58(68)60-42-52(34-36-70(60)79)77-64-28-14-8-22-54(64)55-23-9-15-29-65(55)77)62-44-63(76-74(75-62)49-20-6-5-7-21-49)51-40-47(3)73(48(4)41-51)80-69-33-19-13-27-59(69)61-43-53(35-37-71(61)80)78-66-30-16-10-24-56(66)57-25-11-17-31-67(57)78/h5-44H,1-4H3. The molecule has 0 aliphatic rings. The molecule has 0 fully saturated rings. The lowest BCUT2D eigenvalue weighted by molar-refractivity contribution is 1.11. The van der Waals surface area contributed by atoms with Gasteiger partial charge in [-0.3, -0.25) is 0 Å². The highest BCUT2D eigenvalue weighted by Gasteiger charge is 2.23. The highest BCUT2D eigenvalue weighted by atomic mass is 15.0. The third-order valence-corrected chi connectivity index (χ3v) is 16.8. The molecule has 0 aliphatic carbocycles. The largest absolute Gasteiger partial charge is 0.309 e. The molecule has 378 valence electrons. The second-order valence-electron chi connectivity index (χ2n) is 21.6. The molecule has 16 rings (SSSR count). The molecule has 0 spiro atoms. The van der Waals surface area contributed by atoms with Gasteiger partial charge in [0.2, 0.25) is 0 Å². The summed E-state index contributed by atoms with van der Waals surface area (Å²) in [5.74, 6) is 0.694. The summed E-state index contributed by atoms with van der Waals surface area (Å²) in [4.78, 5) is 10.7. The van der Waals surface area contributed by atoms with Crippen molar-refractivity contribution in [1.82, 2.24) is 28.2 Å². The molecule has 6 heteroatoms. The van der Waals surface area contributed by atoms with Crippen molar-refractivity contribution in [1.29, 1.82) is 0 Å². The zero-order valence-electron chi connectivity index (χ0n) is 44.8. The van der Waals surface area contributed by atoms with E-state index in [1.807, 2.05) is 6.07 Å². The number of nitrogens with zero attached hydrogens (tertiary/aromatic N) is 6. The van der Waals surface area contributed by atoms with Gasteiger partial charge in [0.05, 0.1) is 66.9 Å². The second kappa shape index (κ2) is 17.6. The Morgan fingerprint density at radius 1 is 0.237 bits per heavy atom. The Bertz CT molecular complexity index is 4780. The number of aromatic nitrogens is 6. The van der Waals surface area contributed by atoms with Crippen LogP contribution in [0.3, 0.4) is 0 Å². The van der Waals surface area contributed by atoms with Crippen molar-refractivity contribution >= 4 is 87.2 Å². The zero-order valence-corrected chi connectivity index (χ0v) is 44.8. The van der Waals surface area contributed by atoms with Crippen LogP contribution in [0.4, 0.5) is 0 Å². The molecule has 0 atom stereocenters. The monoisotopic (exact) mass is 1020 g/mol. The van der Waals surface area contributed by atoms with Crippen LogP contribution in [0.25, 0.3) is 144 Å². The number of fused-ring (bicyclic) bond motifs is 12. The molecule has 16 aromatic rings. The van der Waals surface area contributed by atoms with E-state index < -0.39 is 0 Å². The minimum absolute atomic E-state index is 0.694. The lowest BCUT2D eigenvalue weighted by Gasteiger charge is -2.18. The van der Waals surface area contributed by atoms with Crippen LogP contribution in [0, 0.1) is 27.7 Å². The number of rotatable bonds is 7. The molecule has 0 radical (unpaired) electrons. The van der Waals surface area contributed by atoms with Crippen molar-refractivity contribution in [3.05, 3.63) is 265 Å². The average Bonchev–Trinajstić information content (AvgIpc) is 4.42. The maximum absolute atomic E-state index is 5.36. The molecule has 5 aromatic heterocycles. The zero-order chi connectivity index (χ0) is 53.3. The number of hydrogen-bond donors (Lipinski definition) is 0. The normalized spacial score (nSPS) is 12.0. The molecule has 0 bridgehead atoms. The Morgan fingerprint density at radius 2 is 0.525 bits per heavy atom. The van der Waals surface area contributed by atoms with Crippen molar-refractivity contribution in [3.8, 4) is 56.7 Å². The van der Waals surface area contributed by atoms with Gasteiger partial charge < -0.3 is 18.3 Å². The van der Waals surface area contributed by atoms with Gasteiger partial charge in [-0.2, -0.15) is 0 Å². The summed E-state index contributed by atoms with van der Waals surface area (Å²) in [6.45, 7) is 8.96. The smallest absolute Gasteiger partial charge is 0.160 e. The van der Waals surface area contributed by atoms with Crippen molar-refractivity contribution in [3.63, 3.8) is 0 Å². The fourth-order valence-corrected chi connectivity index (χ4v) is 13.5. The second-order valence-corrected chi connectivity index (χ2v) is 21.6. The Hall–Kier alpha value is -10.3. The molecule has 6 nitrogen and oxygen atoms in total. The maximum Gasteiger partial charge on any atom is 0.160 e. The molecule has 0 amide bonds. The molecular weight excluding hydrogens is 973 g/mol. The van der Waals surface area contributed by atoms with Crippen LogP contribution < -0.4 is 0 Å². The average molecular weight is 1030 g/mol.